The predicted octanol–water partition coefficient (Wildman–Crippen LogP) is 2.92. The lowest BCUT2D eigenvalue weighted by Gasteiger charge is -2.59. The van der Waals surface area contributed by atoms with Crippen molar-refractivity contribution in [1.82, 2.24) is 14.9 Å². The van der Waals surface area contributed by atoms with Crippen LogP contribution >= 0.6 is 15.9 Å². The molecule has 0 radical (unpaired) electrons. The molecule has 1 aromatic carbocycles. The number of nitrogens with zero attached hydrogens (tertiary/aromatic N) is 4. The van der Waals surface area contributed by atoms with Gasteiger partial charge in [0.25, 0.3) is 0 Å². The number of hydrogen-bond acceptors (Lipinski definition) is 5. The SMILES string of the molecule is CN1CC2(C1)CN(c1ncncc1Oc1ccc(F)cc1Br)C2. The zero-order chi connectivity index (χ0) is 16.0. The van der Waals surface area contributed by atoms with Crippen molar-refractivity contribution in [3.8, 4) is 11.5 Å². The number of rotatable bonds is 3. The number of anilines is 1. The van der Waals surface area contributed by atoms with Crippen molar-refractivity contribution in [3.63, 3.8) is 0 Å². The summed E-state index contributed by atoms with van der Waals surface area (Å²) in [6.45, 7) is 4.23. The van der Waals surface area contributed by atoms with Crippen molar-refractivity contribution in [2.75, 3.05) is 38.1 Å². The molecule has 4 rings (SSSR count). The molecule has 7 heteroatoms. The normalized spacial score (nSPS) is 19.3. The minimum absolute atomic E-state index is 0.312. The standard InChI is InChI=1S/C16H16BrFN4O/c1-21-6-16(7-21)8-22(9-16)15-14(5-19-10-20-15)23-13-3-2-11(18)4-12(13)17/h2-5,10H,6-9H2,1H3. The number of hydrogen-bond donors (Lipinski definition) is 0. The van der Waals surface area contributed by atoms with Gasteiger partial charge in [-0.05, 0) is 41.2 Å². The average Bonchev–Trinajstić information content (AvgIpc) is 2.45. The Bertz CT molecular complexity index is 743. The fourth-order valence-corrected chi connectivity index (χ4v) is 3.94. The Morgan fingerprint density at radius 3 is 2.70 bits per heavy atom. The minimum Gasteiger partial charge on any atom is -0.451 e. The van der Waals surface area contributed by atoms with E-state index in [2.05, 4.69) is 42.7 Å². The zero-order valence-corrected chi connectivity index (χ0v) is 14.3. The van der Waals surface area contributed by atoms with E-state index in [0.717, 1.165) is 32.0 Å². The second-order valence-corrected chi connectivity index (χ2v) is 7.27. The van der Waals surface area contributed by atoms with Crippen molar-refractivity contribution in [2.45, 2.75) is 0 Å². The van der Waals surface area contributed by atoms with Crippen molar-refractivity contribution >= 4 is 21.7 Å². The van der Waals surface area contributed by atoms with E-state index in [4.69, 9.17) is 4.74 Å². The molecule has 0 N–H and O–H groups in total. The Balaban J connectivity index is 1.54. The molecular weight excluding hydrogens is 363 g/mol. The van der Waals surface area contributed by atoms with Gasteiger partial charge in [-0.25, -0.2) is 14.4 Å². The molecule has 120 valence electrons. The van der Waals surface area contributed by atoms with Crippen LogP contribution in [0.2, 0.25) is 0 Å². The third-order valence-electron chi connectivity index (χ3n) is 4.34. The molecule has 2 aliphatic heterocycles. The highest BCUT2D eigenvalue weighted by molar-refractivity contribution is 9.10. The first-order valence-corrected chi connectivity index (χ1v) is 8.20. The molecule has 0 saturated carbocycles. The van der Waals surface area contributed by atoms with Gasteiger partial charge >= 0.3 is 0 Å². The quantitative estimate of drug-likeness (QED) is 0.821. The molecule has 2 aromatic rings. The molecule has 2 saturated heterocycles. The van der Waals surface area contributed by atoms with E-state index < -0.39 is 0 Å². The molecule has 0 unspecified atom stereocenters. The molecule has 1 spiro atoms. The summed E-state index contributed by atoms with van der Waals surface area (Å²) >= 11 is 3.32. The van der Waals surface area contributed by atoms with Gasteiger partial charge in [0.2, 0.25) is 0 Å². The van der Waals surface area contributed by atoms with Gasteiger partial charge in [0.1, 0.15) is 17.9 Å². The van der Waals surface area contributed by atoms with Crippen LogP contribution < -0.4 is 9.64 Å². The first-order valence-electron chi connectivity index (χ1n) is 7.41. The van der Waals surface area contributed by atoms with Gasteiger partial charge in [-0.3, -0.25) is 0 Å². The lowest BCUT2D eigenvalue weighted by molar-refractivity contribution is -0.00299. The maximum atomic E-state index is 13.2. The summed E-state index contributed by atoms with van der Waals surface area (Å²) < 4.78 is 19.7. The van der Waals surface area contributed by atoms with Gasteiger partial charge in [-0.2, -0.15) is 0 Å². The number of aromatic nitrogens is 2. The van der Waals surface area contributed by atoms with E-state index in [0.29, 0.717) is 21.4 Å². The summed E-state index contributed by atoms with van der Waals surface area (Å²) in [5, 5.41) is 0. The highest BCUT2D eigenvalue weighted by Crippen LogP contribution is 2.43. The third-order valence-corrected chi connectivity index (χ3v) is 4.96. The maximum absolute atomic E-state index is 13.2. The van der Waals surface area contributed by atoms with E-state index >= 15 is 0 Å². The monoisotopic (exact) mass is 378 g/mol. The molecule has 0 amide bonds. The number of halogens is 2. The number of ether oxygens (including phenoxy) is 1. The van der Waals surface area contributed by atoms with E-state index in [1.54, 1.807) is 12.3 Å². The van der Waals surface area contributed by atoms with Gasteiger partial charge in [0, 0.05) is 31.6 Å². The first kappa shape index (κ1) is 14.8. The van der Waals surface area contributed by atoms with E-state index in [1.165, 1.54) is 18.5 Å². The van der Waals surface area contributed by atoms with Crippen LogP contribution in [-0.2, 0) is 0 Å². The van der Waals surface area contributed by atoms with Gasteiger partial charge < -0.3 is 14.5 Å². The summed E-state index contributed by atoms with van der Waals surface area (Å²) in [6.07, 6.45) is 3.18. The molecule has 0 atom stereocenters. The van der Waals surface area contributed by atoms with Crippen LogP contribution in [-0.4, -0.2) is 48.1 Å². The first-order chi connectivity index (χ1) is 11.0. The highest BCUT2D eigenvalue weighted by Gasteiger charge is 2.51. The van der Waals surface area contributed by atoms with Gasteiger partial charge in [0.05, 0.1) is 10.7 Å². The predicted molar refractivity (Wildman–Crippen MR) is 88.3 cm³/mol. The Kier molecular flexibility index (Phi) is 3.50. The van der Waals surface area contributed by atoms with Crippen molar-refractivity contribution < 1.29 is 9.13 Å². The molecule has 2 fully saturated rings. The van der Waals surface area contributed by atoms with Gasteiger partial charge in [-0.1, -0.05) is 0 Å². The fraction of sp³-hybridized carbons (Fsp3) is 0.375. The summed E-state index contributed by atoms with van der Waals surface area (Å²) in [6, 6.07) is 4.34. The van der Waals surface area contributed by atoms with E-state index in [1.807, 2.05) is 0 Å². The number of likely N-dealkylation sites (tertiary alicyclic amines) is 1. The van der Waals surface area contributed by atoms with Crippen molar-refractivity contribution in [2.24, 2.45) is 5.41 Å². The molecule has 2 aliphatic rings. The van der Waals surface area contributed by atoms with Crippen LogP contribution in [0.15, 0.2) is 35.2 Å². The molecule has 3 heterocycles. The second kappa shape index (κ2) is 5.42. The summed E-state index contributed by atoms with van der Waals surface area (Å²) in [5.74, 6) is 1.60. The van der Waals surface area contributed by atoms with E-state index in [-0.39, 0.29) is 5.82 Å². The lowest BCUT2D eigenvalue weighted by Crippen LogP contribution is -2.71. The molecule has 23 heavy (non-hydrogen) atoms. The topological polar surface area (TPSA) is 41.5 Å². The summed E-state index contributed by atoms with van der Waals surface area (Å²) in [7, 11) is 2.14. The smallest absolute Gasteiger partial charge is 0.188 e. The molecule has 1 aromatic heterocycles. The van der Waals surface area contributed by atoms with Crippen molar-refractivity contribution in [3.05, 3.63) is 41.0 Å². The van der Waals surface area contributed by atoms with Crippen LogP contribution in [0, 0.1) is 11.2 Å². The van der Waals surface area contributed by atoms with Crippen LogP contribution in [0.5, 0.6) is 11.5 Å². The summed E-state index contributed by atoms with van der Waals surface area (Å²) in [4.78, 5) is 13.0. The van der Waals surface area contributed by atoms with Gasteiger partial charge in [0.15, 0.2) is 11.6 Å². The fourth-order valence-electron chi connectivity index (χ4n) is 3.51. The van der Waals surface area contributed by atoms with Crippen LogP contribution in [0.1, 0.15) is 0 Å². The largest absolute Gasteiger partial charge is 0.451 e. The molecule has 0 aliphatic carbocycles. The Morgan fingerprint density at radius 2 is 2.00 bits per heavy atom. The highest BCUT2D eigenvalue weighted by atomic mass is 79.9. The Hall–Kier alpha value is -1.73. The minimum atomic E-state index is -0.312. The number of benzene rings is 1. The van der Waals surface area contributed by atoms with Crippen molar-refractivity contribution in [1.29, 1.82) is 0 Å². The van der Waals surface area contributed by atoms with Crippen LogP contribution in [0.3, 0.4) is 0 Å². The average molecular weight is 379 g/mol. The maximum Gasteiger partial charge on any atom is 0.188 e. The molecule has 5 nitrogen and oxygen atoms in total. The molecular formula is C16H16BrFN4O. The molecule has 0 bridgehead atoms. The Morgan fingerprint density at radius 1 is 1.22 bits per heavy atom. The summed E-state index contributed by atoms with van der Waals surface area (Å²) in [5.41, 5.74) is 0.410. The third kappa shape index (κ3) is 2.68. The zero-order valence-electron chi connectivity index (χ0n) is 12.7. The van der Waals surface area contributed by atoms with E-state index in [9.17, 15) is 4.39 Å². The van der Waals surface area contributed by atoms with Gasteiger partial charge in [-0.15, -0.1) is 0 Å². The van der Waals surface area contributed by atoms with Crippen LogP contribution in [0.4, 0.5) is 10.2 Å². The lowest BCUT2D eigenvalue weighted by atomic mass is 9.73. The Labute approximate surface area is 142 Å². The second-order valence-electron chi connectivity index (χ2n) is 6.42. The van der Waals surface area contributed by atoms with Crippen LogP contribution in [0.25, 0.3) is 0 Å².